The Balaban J connectivity index is 1.14. The largest absolute Gasteiger partial charge is 0.353 e. The highest BCUT2D eigenvalue weighted by atomic mass is 19.1. The van der Waals surface area contributed by atoms with Gasteiger partial charge in [0, 0.05) is 68.8 Å². The zero-order valence-corrected chi connectivity index (χ0v) is 20.0. The molecule has 2 aliphatic heterocycles. The molecule has 0 radical (unpaired) electrons. The number of halogens is 1. The molecule has 1 aromatic heterocycles. The second-order valence-corrected chi connectivity index (χ2v) is 9.65. The molecule has 0 spiro atoms. The van der Waals surface area contributed by atoms with Crippen molar-refractivity contribution in [3.8, 4) is 0 Å². The minimum Gasteiger partial charge on any atom is -0.353 e. The molecule has 7 nitrogen and oxygen atoms in total. The molecule has 35 heavy (non-hydrogen) atoms. The fourth-order valence-electron chi connectivity index (χ4n) is 5.40. The van der Waals surface area contributed by atoms with Gasteiger partial charge in [-0.1, -0.05) is 30.3 Å². The molecule has 0 saturated carbocycles. The number of para-hydroxylation sites is 1. The molecule has 3 N–H and O–H groups in total. The first kappa shape index (κ1) is 23.5. The van der Waals surface area contributed by atoms with Gasteiger partial charge in [-0.05, 0) is 42.2 Å². The average Bonchev–Trinajstić information content (AvgIpc) is 3.44. The minimum absolute atomic E-state index is 0.0346. The number of aromatic nitrogens is 1. The van der Waals surface area contributed by atoms with Gasteiger partial charge in [0.1, 0.15) is 5.82 Å². The molecule has 184 valence electrons. The molecule has 2 saturated heterocycles. The van der Waals surface area contributed by atoms with Crippen LogP contribution in [-0.4, -0.2) is 52.5 Å². The van der Waals surface area contributed by atoms with Gasteiger partial charge in [-0.2, -0.15) is 0 Å². The number of carbonyl (C=O) groups is 2. The van der Waals surface area contributed by atoms with Crippen LogP contribution in [0, 0.1) is 5.82 Å². The summed E-state index contributed by atoms with van der Waals surface area (Å²) in [4.78, 5) is 27.2. The highest BCUT2D eigenvalue weighted by molar-refractivity contribution is 5.84. The van der Waals surface area contributed by atoms with Gasteiger partial charge in [-0.15, -0.1) is 0 Å². The first-order valence-corrected chi connectivity index (χ1v) is 12.3. The van der Waals surface area contributed by atoms with Crippen LogP contribution in [0.15, 0.2) is 54.7 Å². The van der Waals surface area contributed by atoms with Crippen molar-refractivity contribution >= 4 is 22.7 Å². The molecule has 0 unspecified atom stereocenters. The highest BCUT2D eigenvalue weighted by Gasteiger charge is 2.43. The van der Waals surface area contributed by atoms with Crippen molar-refractivity contribution in [2.24, 2.45) is 7.05 Å². The Morgan fingerprint density at radius 3 is 2.77 bits per heavy atom. The molecule has 2 aromatic carbocycles. The summed E-state index contributed by atoms with van der Waals surface area (Å²) in [7, 11) is 2.06. The zero-order chi connectivity index (χ0) is 24.4. The van der Waals surface area contributed by atoms with Crippen LogP contribution < -0.4 is 16.0 Å². The van der Waals surface area contributed by atoms with Crippen molar-refractivity contribution in [1.29, 1.82) is 0 Å². The molecule has 2 fully saturated rings. The lowest BCUT2D eigenvalue weighted by atomic mass is 10.0. The van der Waals surface area contributed by atoms with E-state index in [1.54, 1.807) is 12.1 Å². The van der Waals surface area contributed by atoms with Gasteiger partial charge in [-0.3, -0.25) is 14.5 Å². The first-order chi connectivity index (χ1) is 17.0. The molecule has 2 aliphatic rings. The Morgan fingerprint density at radius 2 is 1.94 bits per heavy atom. The molecule has 0 aliphatic carbocycles. The monoisotopic (exact) mass is 477 g/mol. The molecule has 5 rings (SSSR count). The smallest absolute Gasteiger partial charge is 0.237 e. The van der Waals surface area contributed by atoms with E-state index in [1.807, 2.05) is 0 Å². The summed E-state index contributed by atoms with van der Waals surface area (Å²) in [6.45, 7) is 2.50. The van der Waals surface area contributed by atoms with Crippen LogP contribution >= 0.6 is 0 Å². The fraction of sp³-hybridized carbons (Fsp3) is 0.407. The third-order valence-electron chi connectivity index (χ3n) is 7.29. The Morgan fingerprint density at radius 1 is 1.14 bits per heavy atom. The van der Waals surface area contributed by atoms with Crippen LogP contribution in [-0.2, 0) is 29.7 Å². The molecule has 2 amide bonds. The van der Waals surface area contributed by atoms with E-state index in [2.05, 4.69) is 62.9 Å². The molecule has 3 heterocycles. The van der Waals surface area contributed by atoms with Crippen LogP contribution in [0.4, 0.5) is 4.39 Å². The maximum atomic E-state index is 13.0. The van der Waals surface area contributed by atoms with Crippen LogP contribution in [0.5, 0.6) is 0 Å². The fourth-order valence-corrected chi connectivity index (χ4v) is 5.40. The lowest BCUT2D eigenvalue weighted by Crippen LogP contribution is -2.58. The summed E-state index contributed by atoms with van der Waals surface area (Å²) in [6, 6.07) is 14.7. The van der Waals surface area contributed by atoms with Gasteiger partial charge in [0.2, 0.25) is 11.8 Å². The summed E-state index contributed by atoms with van der Waals surface area (Å²) in [6.07, 6.45) is 4.00. The molecule has 3 aromatic rings. The lowest BCUT2D eigenvalue weighted by molar-refractivity contribution is -0.129. The van der Waals surface area contributed by atoms with Crippen molar-refractivity contribution in [2.45, 2.75) is 50.5 Å². The van der Waals surface area contributed by atoms with Gasteiger partial charge in [-0.25, -0.2) is 4.39 Å². The van der Waals surface area contributed by atoms with Crippen molar-refractivity contribution in [1.82, 2.24) is 25.4 Å². The first-order valence-electron chi connectivity index (χ1n) is 12.3. The standard InChI is InChI=1S/C27H32FN5O2/c1-32-16-19(23-4-2-3-5-24(23)32)14-29-21-12-25-27(35)31-15-22(33(25)17-21)10-11-26(34)30-13-18-6-8-20(28)9-7-18/h2-9,16,21-22,25,29H,10-15,17H2,1H3,(H,30,34)(H,31,35)/t21-,22+,25-/m0/s1. The number of piperazine rings is 1. The van der Waals surface area contributed by atoms with Crippen molar-refractivity contribution in [3.05, 3.63) is 71.7 Å². The SMILES string of the molecule is Cn1cc(CN[C@H]2C[C@H]3C(=O)NC[C@@H](CCC(=O)NCc4ccc(F)cc4)N3C2)c2ccccc21. The molecule has 8 heteroatoms. The number of amides is 2. The van der Waals surface area contributed by atoms with Crippen LogP contribution in [0.3, 0.4) is 0 Å². The van der Waals surface area contributed by atoms with E-state index in [9.17, 15) is 14.0 Å². The number of fused-ring (bicyclic) bond motifs is 2. The summed E-state index contributed by atoms with van der Waals surface area (Å²) < 4.78 is 15.2. The van der Waals surface area contributed by atoms with E-state index in [1.165, 1.54) is 28.6 Å². The zero-order valence-electron chi connectivity index (χ0n) is 20.0. The second-order valence-electron chi connectivity index (χ2n) is 9.65. The maximum Gasteiger partial charge on any atom is 0.237 e. The normalized spacial score (nSPS) is 22.2. The predicted molar refractivity (Wildman–Crippen MR) is 133 cm³/mol. The van der Waals surface area contributed by atoms with E-state index in [-0.39, 0.29) is 35.8 Å². The van der Waals surface area contributed by atoms with Gasteiger partial charge in [0.25, 0.3) is 0 Å². The van der Waals surface area contributed by atoms with Gasteiger partial charge >= 0.3 is 0 Å². The topological polar surface area (TPSA) is 78.4 Å². The number of aryl methyl sites for hydroxylation is 1. The number of rotatable bonds is 8. The van der Waals surface area contributed by atoms with Crippen molar-refractivity contribution < 1.29 is 14.0 Å². The average molecular weight is 478 g/mol. The molecular formula is C27H32FN5O2. The van der Waals surface area contributed by atoms with Crippen LogP contribution in [0.1, 0.15) is 30.4 Å². The number of carbonyl (C=O) groups excluding carboxylic acids is 2. The van der Waals surface area contributed by atoms with Crippen molar-refractivity contribution in [2.75, 3.05) is 13.1 Å². The third kappa shape index (κ3) is 5.23. The summed E-state index contributed by atoms with van der Waals surface area (Å²) >= 11 is 0. The van der Waals surface area contributed by atoms with E-state index < -0.39 is 0 Å². The number of nitrogens with zero attached hydrogens (tertiary/aromatic N) is 2. The van der Waals surface area contributed by atoms with E-state index in [0.29, 0.717) is 25.9 Å². The van der Waals surface area contributed by atoms with Gasteiger partial charge in [0.05, 0.1) is 6.04 Å². The van der Waals surface area contributed by atoms with E-state index in [0.717, 1.165) is 25.1 Å². The van der Waals surface area contributed by atoms with Crippen molar-refractivity contribution in [3.63, 3.8) is 0 Å². The lowest BCUT2D eigenvalue weighted by Gasteiger charge is -2.37. The van der Waals surface area contributed by atoms with E-state index in [4.69, 9.17) is 0 Å². The Bertz CT molecular complexity index is 1210. The van der Waals surface area contributed by atoms with Gasteiger partial charge in [0.15, 0.2) is 0 Å². The van der Waals surface area contributed by atoms with Gasteiger partial charge < -0.3 is 20.5 Å². The summed E-state index contributed by atoms with van der Waals surface area (Å²) in [5, 5.41) is 10.9. The molecule has 0 bridgehead atoms. The number of nitrogens with one attached hydrogen (secondary N) is 3. The number of hydrogen-bond donors (Lipinski definition) is 3. The molecular weight excluding hydrogens is 445 g/mol. The second kappa shape index (κ2) is 10.2. The van der Waals surface area contributed by atoms with E-state index >= 15 is 0 Å². The Labute approximate surface area is 204 Å². The summed E-state index contributed by atoms with van der Waals surface area (Å²) in [5.41, 5.74) is 3.33. The maximum absolute atomic E-state index is 13.0. The number of benzene rings is 2. The minimum atomic E-state index is -0.287. The quantitative estimate of drug-likeness (QED) is 0.466. The Kier molecular flexibility index (Phi) is 6.83. The van der Waals surface area contributed by atoms with Crippen LogP contribution in [0.2, 0.25) is 0 Å². The summed E-state index contributed by atoms with van der Waals surface area (Å²) in [5.74, 6) is -0.242. The third-order valence-corrected chi connectivity index (χ3v) is 7.29. The highest BCUT2D eigenvalue weighted by Crippen LogP contribution is 2.27. The Hall–Kier alpha value is -3.23. The molecule has 3 atom stereocenters. The van der Waals surface area contributed by atoms with Crippen LogP contribution in [0.25, 0.3) is 10.9 Å². The number of hydrogen-bond acceptors (Lipinski definition) is 4. The predicted octanol–water partition coefficient (Wildman–Crippen LogP) is 2.44.